The summed E-state index contributed by atoms with van der Waals surface area (Å²) < 4.78 is 17.0. The molecule has 1 heterocycles. The molecule has 1 aromatic heterocycles. The van der Waals surface area contributed by atoms with E-state index in [1.807, 2.05) is 73.7 Å². The van der Waals surface area contributed by atoms with Crippen LogP contribution in [-0.4, -0.2) is 34.4 Å². The molecule has 3 aromatic carbocycles. The third kappa shape index (κ3) is 6.14. The summed E-state index contributed by atoms with van der Waals surface area (Å²) in [5.41, 5.74) is 1.62. The van der Waals surface area contributed by atoms with Crippen LogP contribution in [0.4, 0.5) is 10.5 Å². The van der Waals surface area contributed by atoms with E-state index in [-0.39, 0.29) is 29.7 Å². The molecule has 10 nitrogen and oxygen atoms in total. The highest BCUT2D eigenvalue weighted by atomic mass is 16.7. The minimum Gasteiger partial charge on any atom is -0.452 e. The lowest BCUT2D eigenvalue weighted by molar-refractivity contribution is -0.384. The quantitative estimate of drug-likeness (QED) is 0.0655. The van der Waals surface area contributed by atoms with E-state index < -0.39 is 40.4 Å². The van der Waals surface area contributed by atoms with Gasteiger partial charge >= 0.3 is 12.1 Å². The Kier molecular flexibility index (Phi) is 8.43. The number of nitro groups is 1. The molecule has 10 heteroatoms. The summed E-state index contributed by atoms with van der Waals surface area (Å²) in [6.07, 6.45) is 2.02. The van der Waals surface area contributed by atoms with Gasteiger partial charge in [0.1, 0.15) is 12.4 Å². The van der Waals surface area contributed by atoms with Gasteiger partial charge in [0.05, 0.1) is 16.5 Å². The molecule has 4 atom stereocenters. The zero-order chi connectivity index (χ0) is 32.3. The van der Waals surface area contributed by atoms with Crippen molar-refractivity contribution in [2.75, 3.05) is 6.61 Å². The average molecular weight is 619 g/mol. The number of hydrogen-bond acceptors (Lipinski definition) is 9. The standard InChI is InChI=1S/C36H30N2O8/c1-36(22-44-35(41)45-27-17-15-26(16-18-27)38(42)43)21-29-28(20-25-14-8-9-19-37-25)32(39)30(29)31(36)34(40)46-33(23-10-4-2-5-11-23)24-12-6-3-7-13-24/h2-20,29-31,33H,21-22H2,1H3/b28-20+/t29?,30?,31-,36-/m0/s1. The number of aromatic nitrogens is 1. The van der Waals surface area contributed by atoms with Crippen molar-refractivity contribution < 1.29 is 33.5 Å². The Morgan fingerprint density at radius 3 is 2.17 bits per heavy atom. The van der Waals surface area contributed by atoms with Crippen LogP contribution in [0.5, 0.6) is 5.75 Å². The van der Waals surface area contributed by atoms with Gasteiger partial charge < -0.3 is 14.2 Å². The Morgan fingerprint density at radius 2 is 1.59 bits per heavy atom. The van der Waals surface area contributed by atoms with Crippen molar-refractivity contribution in [3.05, 3.63) is 142 Å². The first kappa shape index (κ1) is 30.4. The van der Waals surface area contributed by atoms with E-state index in [1.54, 1.807) is 24.4 Å². The molecule has 6 rings (SSSR count). The maximum absolute atomic E-state index is 14.2. The van der Waals surface area contributed by atoms with Crippen molar-refractivity contribution in [2.24, 2.45) is 23.2 Å². The van der Waals surface area contributed by atoms with E-state index in [2.05, 4.69) is 4.98 Å². The number of nitrogens with zero attached hydrogens (tertiary/aromatic N) is 2. The normalized spacial score (nSPS) is 22.5. The van der Waals surface area contributed by atoms with Crippen LogP contribution in [0, 0.1) is 33.3 Å². The Balaban J connectivity index is 1.26. The van der Waals surface area contributed by atoms with Crippen LogP contribution in [-0.2, 0) is 19.1 Å². The summed E-state index contributed by atoms with van der Waals surface area (Å²) in [6.45, 7) is 1.58. The molecule has 2 aliphatic carbocycles. The molecule has 2 fully saturated rings. The molecule has 0 radical (unpaired) electrons. The second-order valence-electron chi connectivity index (χ2n) is 11.7. The Bertz CT molecular complexity index is 1740. The van der Waals surface area contributed by atoms with Crippen LogP contribution >= 0.6 is 0 Å². The van der Waals surface area contributed by atoms with Crippen molar-refractivity contribution in [1.82, 2.24) is 4.98 Å². The molecule has 2 saturated carbocycles. The number of esters is 1. The number of benzene rings is 3. The zero-order valence-corrected chi connectivity index (χ0v) is 24.9. The lowest BCUT2D eigenvalue weighted by Crippen LogP contribution is -2.45. The summed E-state index contributed by atoms with van der Waals surface area (Å²) in [5.74, 6) is -2.50. The highest BCUT2D eigenvalue weighted by Crippen LogP contribution is 2.60. The van der Waals surface area contributed by atoms with Gasteiger partial charge in [-0.2, -0.15) is 0 Å². The number of carbonyl (C=O) groups is 3. The van der Waals surface area contributed by atoms with Gasteiger partial charge in [-0.1, -0.05) is 73.7 Å². The average Bonchev–Trinajstić information content (AvgIpc) is 3.36. The summed E-state index contributed by atoms with van der Waals surface area (Å²) in [7, 11) is 0. The fourth-order valence-corrected chi connectivity index (χ4v) is 6.48. The van der Waals surface area contributed by atoms with Crippen LogP contribution in [0.1, 0.15) is 36.3 Å². The molecule has 2 unspecified atom stereocenters. The molecule has 0 saturated heterocycles. The van der Waals surface area contributed by atoms with E-state index in [0.29, 0.717) is 17.7 Å². The third-order valence-corrected chi connectivity index (χ3v) is 8.67. The van der Waals surface area contributed by atoms with Crippen molar-refractivity contribution in [3.8, 4) is 5.75 Å². The van der Waals surface area contributed by atoms with Gasteiger partial charge in [-0.3, -0.25) is 24.7 Å². The molecule has 46 heavy (non-hydrogen) atoms. The number of allylic oxidation sites excluding steroid dienone is 1. The van der Waals surface area contributed by atoms with Crippen molar-refractivity contribution >= 4 is 29.7 Å². The van der Waals surface area contributed by atoms with Gasteiger partial charge in [0.25, 0.3) is 5.69 Å². The highest BCUT2D eigenvalue weighted by Gasteiger charge is 2.65. The SMILES string of the molecule is C[C@@]1(COC(=O)Oc2ccc([N+](=O)[O-])cc2)CC2/C(=C\c3ccccn3)C(=O)C2[C@H]1C(=O)OC(c1ccccc1)c1ccccc1. The molecule has 4 aromatic rings. The van der Waals surface area contributed by atoms with Crippen LogP contribution < -0.4 is 4.74 Å². The van der Waals surface area contributed by atoms with Gasteiger partial charge in [-0.05, 0) is 53.8 Å². The lowest BCUT2D eigenvalue weighted by Gasteiger charge is -2.36. The Hall–Kier alpha value is -5.64. The molecular weight excluding hydrogens is 588 g/mol. The van der Waals surface area contributed by atoms with Crippen molar-refractivity contribution in [1.29, 1.82) is 0 Å². The van der Waals surface area contributed by atoms with E-state index >= 15 is 0 Å². The number of non-ortho nitro benzene ring substituents is 1. The van der Waals surface area contributed by atoms with E-state index in [1.165, 1.54) is 24.3 Å². The maximum atomic E-state index is 14.2. The number of ketones is 1. The van der Waals surface area contributed by atoms with E-state index in [0.717, 1.165) is 11.1 Å². The van der Waals surface area contributed by atoms with Crippen LogP contribution in [0.2, 0.25) is 0 Å². The number of carbonyl (C=O) groups excluding carboxylic acids is 3. The maximum Gasteiger partial charge on any atom is 0.513 e. The first-order valence-corrected chi connectivity index (χ1v) is 14.8. The molecule has 0 amide bonds. The fourth-order valence-electron chi connectivity index (χ4n) is 6.48. The van der Waals surface area contributed by atoms with Crippen molar-refractivity contribution in [3.63, 3.8) is 0 Å². The molecule has 232 valence electrons. The molecule has 0 bridgehead atoms. The number of Topliss-reactive ketones (excluding diaryl/α,β-unsaturated/α-hetero) is 1. The predicted octanol–water partition coefficient (Wildman–Crippen LogP) is 6.76. The van der Waals surface area contributed by atoms with Gasteiger partial charge in [0.2, 0.25) is 0 Å². The summed E-state index contributed by atoms with van der Waals surface area (Å²) in [6, 6.07) is 29.1. The van der Waals surface area contributed by atoms with E-state index in [9.17, 15) is 24.5 Å². The molecule has 2 aliphatic rings. The third-order valence-electron chi connectivity index (χ3n) is 8.67. The number of ether oxygens (including phenoxy) is 3. The lowest BCUT2D eigenvalue weighted by atomic mass is 9.66. The molecule has 0 aliphatic heterocycles. The van der Waals surface area contributed by atoms with Crippen LogP contribution in [0.25, 0.3) is 6.08 Å². The monoisotopic (exact) mass is 618 g/mol. The minimum absolute atomic E-state index is 0.0625. The van der Waals surface area contributed by atoms with Gasteiger partial charge in [-0.25, -0.2) is 4.79 Å². The molecular formula is C36H30N2O8. The van der Waals surface area contributed by atoms with Crippen molar-refractivity contribution in [2.45, 2.75) is 19.4 Å². The predicted molar refractivity (Wildman–Crippen MR) is 166 cm³/mol. The zero-order valence-electron chi connectivity index (χ0n) is 24.9. The second-order valence-corrected chi connectivity index (χ2v) is 11.7. The number of hydrogen-bond donors (Lipinski definition) is 0. The van der Waals surface area contributed by atoms with Crippen LogP contribution in [0.15, 0.2) is 115 Å². The number of nitro benzene ring substituents is 1. The number of pyridine rings is 1. The van der Waals surface area contributed by atoms with Gasteiger partial charge in [0.15, 0.2) is 11.9 Å². The smallest absolute Gasteiger partial charge is 0.452 e. The minimum atomic E-state index is -1.04. The second kappa shape index (κ2) is 12.8. The summed E-state index contributed by atoms with van der Waals surface area (Å²) in [5, 5.41) is 10.9. The summed E-state index contributed by atoms with van der Waals surface area (Å²) >= 11 is 0. The Labute approximate surface area is 264 Å². The highest BCUT2D eigenvalue weighted by molar-refractivity contribution is 6.10. The van der Waals surface area contributed by atoms with Crippen LogP contribution in [0.3, 0.4) is 0 Å². The first-order chi connectivity index (χ1) is 22.2. The van der Waals surface area contributed by atoms with E-state index in [4.69, 9.17) is 14.2 Å². The Morgan fingerprint density at radius 1 is 0.957 bits per heavy atom. The summed E-state index contributed by atoms with van der Waals surface area (Å²) in [4.78, 5) is 55.3. The van der Waals surface area contributed by atoms with Gasteiger partial charge in [0, 0.05) is 35.2 Å². The first-order valence-electron chi connectivity index (χ1n) is 14.8. The topological polar surface area (TPSA) is 135 Å². The molecule has 0 N–H and O–H groups in total. The largest absolute Gasteiger partial charge is 0.513 e. The van der Waals surface area contributed by atoms with Gasteiger partial charge in [-0.15, -0.1) is 0 Å². The molecule has 0 spiro atoms. The number of rotatable bonds is 9. The fraction of sp³-hybridized carbons (Fsp3) is 0.222. The number of fused-ring (bicyclic) bond motifs is 1.